The van der Waals surface area contributed by atoms with Crippen molar-refractivity contribution in [1.82, 2.24) is 4.98 Å². The summed E-state index contributed by atoms with van der Waals surface area (Å²) in [5.74, 6) is -0.153. The van der Waals surface area contributed by atoms with Crippen LogP contribution in [0.4, 0.5) is 10.2 Å². The largest absolute Gasteiger partial charge is 0.309 e. The fraction of sp³-hybridized carbons (Fsp3) is 0.417. The molecule has 1 aliphatic carbocycles. The van der Waals surface area contributed by atoms with E-state index >= 15 is 0 Å². The first-order valence-electron chi connectivity index (χ1n) is 5.40. The monoisotopic (exact) mass is 233 g/mol. The summed E-state index contributed by atoms with van der Waals surface area (Å²) in [6.45, 7) is 2.00. The Morgan fingerprint density at radius 3 is 2.82 bits per heavy atom. The number of carbonyl (C=O) groups is 1. The zero-order valence-corrected chi connectivity index (χ0v) is 9.40. The van der Waals surface area contributed by atoms with Crippen LogP contribution in [0, 0.1) is 28.5 Å². The minimum Gasteiger partial charge on any atom is -0.309 e. The van der Waals surface area contributed by atoms with Crippen LogP contribution in [-0.2, 0) is 4.79 Å². The lowest BCUT2D eigenvalue weighted by atomic mass is 9.63. The fourth-order valence-electron chi connectivity index (χ4n) is 2.14. The average molecular weight is 233 g/mol. The third kappa shape index (κ3) is 2.11. The normalized spacial score (nSPS) is 26.8. The van der Waals surface area contributed by atoms with Crippen LogP contribution < -0.4 is 5.32 Å². The van der Waals surface area contributed by atoms with E-state index in [0.717, 1.165) is 6.20 Å². The lowest BCUT2D eigenvalue weighted by molar-refractivity contribution is -0.128. The van der Waals surface area contributed by atoms with Gasteiger partial charge >= 0.3 is 0 Å². The Kier molecular flexibility index (Phi) is 2.80. The molecule has 0 spiro atoms. The van der Waals surface area contributed by atoms with Gasteiger partial charge in [-0.2, -0.15) is 5.26 Å². The maximum absolute atomic E-state index is 12.6. The quantitative estimate of drug-likeness (QED) is 0.850. The van der Waals surface area contributed by atoms with Crippen LogP contribution in [-0.4, -0.2) is 10.9 Å². The molecule has 1 fully saturated rings. The Labute approximate surface area is 98.5 Å². The number of hydrogen-bond acceptors (Lipinski definition) is 3. The summed E-state index contributed by atoms with van der Waals surface area (Å²) in [4.78, 5) is 15.6. The highest BCUT2D eigenvalue weighted by Crippen LogP contribution is 2.45. The fourth-order valence-corrected chi connectivity index (χ4v) is 2.14. The summed E-state index contributed by atoms with van der Waals surface area (Å²) < 4.78 is 12.6. The Morgan fingerprint density at radius 2 is 2.35 bits per heavy atom. The molecule has 1 aromatic rings. The van der Waals surface area contributed by atoms with E-state index in [9.17, 15) is 9.18 Å². The van der Waals surface area contributed by atoms with Crippen molar-refractivity contribution < 1.29 is 9.18 Å². The Bertz CT molecular complexity index is 472. The first-order chi connectivity index (χ1) is 8.05. The number of amides is 1. The van der Waals surface area contributed by atoms with E-state index in [1.165, 1.54) is 12.1 Å². The molecule has 1 aromatic heterocycles. The minimum absolute atomic E-state index is 0.269. The second-order valence-electron chi connectivity index (χ2n) is 4.52. The molecule has 0 unspecified atom stereocenters. The number of rotatable bonds is 2. The van der Waals surface area contributed by atoms with Crippen LogP contribution in [0.1, 0.15) is 19.8 Å². The van der Waals surface area contributed by atoms with Gasteiger partial charge in [0.15, 0.2) is 0 Å². The van der Waals surface area contributed by atoms with Gasteiger partial charge in [0.05, 0.1) is 12.3 Å². The van der Waals surface area contributed by atoms with E-state index in [1.807, 2.05) is 6.92 Å². The van der Waals surface area contributed by atoms with Gasteiger partial charge in [0.2, 0.25) is 5.91 Å². The molecule has 1 aliphatic rings. The molecule has 17 heavy (non-hydrogen) atoms. The maximum atomic E-state index is 12.6. The second kappa shape index (κ2) is 4.13. The van der Waals surface area contributed by atoms with Gasteiger partial charge in [-0.1, -0.05) is 6.92 Å². The molecule has 2 rings (SSSR count). The van der Waals surface area contributed by atoms with Gasteiger partial charge in [-0.05, 0) is 30.9 Å². The Balaban J connectivity index is 2.07. The van der Waals surface area contributed by atoms with Gasteiger partial charge in [0, 0.05) is 0 Å². The van der Waals surface area contributed by atoms with Crippen molar-refractivity contribution in [1.29, 1.82) is 5.26 Å². The first-order valence-corrected chi connectivity index (χ1v) is 5.40. The van der Waals surface area contributed by atoms with Gasteiger partial charge in [-0.15, -0.1) is 0 Å². The summed E-state index contributed by atoms with van der Waals surface area (Å²) in [7, 11) is 0. The molecule has 0 radical (unpaired) electrons. The number of halogens is 1. The summed E-state index contributed by atoms with van der Waals surface area (Å²) >= 11 is 0. The number of carbonyl (C=O) groups excluding carboxylic acids is 1. The Morgan fingerprint density at radius 1 is 1.65 bits per heavy atom. The number of anilines is 1. The van der Waals surface area contributed by atoms with Crippen molar-refractivity contribution in [3.8, 4) is 6.07 Å². The number of pyridine rings is 1. The van der Waals surface area contributed by atoms with E-state index in [-0.39, 0.29) is 11.7 Å². The van der Waals surface area contributed by atoms with Crippen LogP contribution >= 0.6 is 0 Å². The molecular weight excluding hydrogens is 221 g/mol. The van der Waals surface area contributed by atoms with Crippen molar-refractivity contribution in [2.75, 3.05) is 5.32 Å². The second-order valence-corrected chi connectivity index (χ2v) is 4.52. The van der Waals surface area contributed by atoms with Crippen molar-refractivity contribution >= 4 is 11.7 Å². The molecule has 0 aliphatic heterocycles. The molecule has 1 N–H and O–H groups in total. The SMILES string of the molecule is CC1CC(C#N)(C(=O)Nc2ccc(F)cn2)C1. The average Bonchev–Trinajstić information content (AvgIpc) is 2.27. The lowest BCUT2D eigenvalue weighted by Gasteiger charge is -2.38. The maximum Gasteiger partial charge on any atom is 0.246 e. The highest BCUT2D eigenvalue weighted by molar-refractivity contribution is 5.97. The molecule has 88 valence electrons. The smallest absolute Gasteiger partial charge is 0.246 e. The van der Waals surface area contributed by atoms with E-state index in [2.05, 4.69) is 16.4 Å². The van der Waals surface area contributed by atoms with Gasteiger partial charge in [-0.3, -0.25) is 4.79 Å². The van der Waals surface area contributed by atoms with E-state index in [0.29, 0.717) is 18.8 Å². The summed E-state index contributed by atoms with van der Waals surface area (Å²) in [6, 6.07) is 4.65. The summed E-state index contributed by atoms with van der Waals surface area (Å²) in [5, 5.41) is 11.6. The van der Waals surface area contributed by atoms with Crippen LogP contribution in [0.15, 0.2) is 18.3 Å². The van der Waals surface area contributed by atoms with Crippen LogP contribution in [0.25, 0.3) is 0 Å². The molecule has 5 heteroatoms. The van der Waals surface area contributed by atoms with Gasteiger partial charge in [-0.25, -0.2) is 9.37 Å². The molecule has 0 bridgehead atoms. The highest BCUT2D eigenvalue weighted by Gasteiger charge is 2.49. The molecule has 0 aromatic carbocycles. The summed E-state index contributed by atoms with van der Waals surface area (Å²) in [6.07, 6.45) is 2.16. The first kappa shape index (κ1) is 11.5. The van der Waals surface area contributed by atoms with Gasteiger partial charge in [0.1, 0.15) is 17.1 Å². The summed E-state index contributed by atoms with van der Waals surface area (Å²) in [5.41, 5.74) is -0.935. The molecule has 4 nitrogen and oxygen atoms in total. The van der Waals surface area contributed by atoms with E-state index in [1.54, 1.807) is 0 Å². The number of hydrogen-bond donors (Lipinski definition) is 1. The predicted molar refractivity (Wildman–Crippen MR) is 59.3 cm³/mol. The third-order valence-corrected chi connectivity index (χ3v) is 3.01. The van der Waals surface area contributed by atoms with Gasteiger partial charge in [0.25, 0.3) is 0 Å². The molecule has 1 heterocycles. The molecule has 1 saturated carbocycles. The number of nitrogens with one attached hydrogen (secondary N) is 1. The van der Waals surface area contributed by atoms with Gasteiger partial charge < -0.3 is 5.32 Å². The molecule has 1 amide bonds. The van der Waals surface area contributed by atoms with Crippen molar-refractivity contribution in [2.24, 2.45) is 11.3 Å². The topological polar surface area (TPSA) is 65.8 Å². The van der Waals surface area contributed by atoms with Crippen LogP contribution in [0.5, 0.6) is 0 Å². The van der Waals surface area contributed by atoms with Crippen LogP contribution in [0.3, 0.4) is 0 Å². The zero-order chi connectivity index (χ0) is 12.5. The number of nitriles is 1. The standard InChI is InChI=1S/C12H12FN3O/c1-8-4-12(5-8,7-14)11(17)16-10-3-2-9(13)6-15-10/h2-3,6,8H,4-5H2,1H3,(H,15,16,17). The van der Waals surface area contributed by atoms with Crippen molar-refractivity contribution in [3.05, 3.63) is 24.1 Å². The number of aromatic nitrogens is 1. The van der Waals surface area contributed by atoms with Crippen molar-refractivity contribution in [2.45, 2.75) is 19.8 Å². The van der Waals surface area contributed by atoms with Crippen molar-refractivity contribution in [3.63, 3.8) is 0 Å². The van der Waals surface area contributed by atoms with Crippen LogP contribution in [0.2, 0.25) is 0 Å². The molecular formula is C12H12FN3O. The van der Waals surface area contributed by atoms with E-state index < -0.39 is 11.2 Å². The lowest BCUT2D eigenvalue weighted by Crippen LogP contribution is -2.45. The third-order valence-electron chi connectivity index (χ3n) is 3.01. The molecule has 0 saturated heterocycles. The zero-order valence-electron chi connectivity index (χ0n) is 9.40. The minimum atomic E-state index is -0.935. The van der Waals surface area contributed by atoms with E-state index in [4.69, 9.17) is 5.26 Å². The highest BCUT2D eigenvalue weighted by atomic mass is 19.1. The molecule has 0 atom stereocenters. The number of nitrogens with zero attached hydrogens (tertiary/aromatic N) is 2. The Hall–Kier alpha value is -1.96. The predicted octanol–water partition coefficient (Wildman–Crippen LogP) is 2.10.